The van der Waals surface area contributed by atoms with Crippen molar-refractivity contribution < 1.29 is 4.74 Å². The van der Waals surface area contributed by atoms with E-state index in [4.69, 9.17) is 10.5 Å². The van der Waals surface area contributed by atoms with Crippen LogP contribution in [-0.2, 0) is 4.74 Å². The van der Waals surface area contributed by atoms with Gasteiger partial charge in [-0.25, -0.2) is 0 Å². The van der Waals surface area contributed by atoms with E-state index in [9.17, 15) is 0 Å². The average Bonchev–Trinajstić information content (AvgIpc) is 2.12. The Morgan fingerprint density at radius 3 is 2.67 bits per heavy atom. The molecule has 1 aliphatic rings. The Hall–Kier alpha value is -0.120. The molecule has 2 unspecified atom stereocenters. The summed E-state index contributed by atoms with van der Waals surface area (Å²) in [5.41, 5.74) is 6.36. The largest absolute Gasteiger partial charge is 0.376 e. The minimum atomic E-state index is 0.220. The van der Waals surface area contributed by atoms with Crippen LogP contribution in [0.3, 0.4) is 0 Å². The molecular weight excluding hydrogens is 188 g/mol. The van der Waals surface area contributed by atoms with Gasteiger partial charge in [0.2, 0.25) is 0 Å². The molecule has 0 spiro atoms. The van der Waals surface area contributed by atoms with Gasteiger partial charge in [-0.15, -0.1) is 0 Å². The van der Waals surface area contributed by atoms with Gasteiger partial charge >= 0.3 is 0 Å². The lowest BCUT2D eigenvalue weighted by Crippen LogP contribution is -2.44. The van der Waals surface area contributed by atoms with Crippen LogP contribution < -0.4 is 5.73 Å². The summed E-state index contributed by atoms with van der Waals surface area (Å²) in [5, 5.41) is 0. The molecular formula is C12H26N2O. The van der Waals surface area contributed by atoms with Gasteiger partial charge in [0.05, 0.1) is 12.7 Å². The highest BCUT2D eigenvalue weighted by Crippen LogP contribution is 2.20. The Morgan fingerprint density at radius 1 is 1.47 bits per heavy atom. The predicted octanol–water partition coefficient (Wildman–Crippen LogP) is 1.47. The number of hydrogen-bond donors (Lipinski definition) is 1. The number of ether oxygens (including phenoxy) is 1. The normalized spacial score (nSPS) is 26.6. The van der Waals surface area contributed by atoms with E-state index < -0.39 is 0 Å². The molecule has 0 amide bonds. The van der Waals surface area contributed by atoms with E-state index in [2.05, 4.69) is 32.6 Å². The number of morpholine rings is 1. The summed E-state index contributed by atoms with van der Waals surface area (Å²) in [4.78, 5) is 2.46. The minimum absolute atomic E-state index is 0.220. The SMILES string of the molecule is CC1CN(CCC(N)C(C)(C)C)CCO1. The third kappa shape index (κ3) is 4.49. The van der Waals surface area contributed by atoms with E-state index in [1.54, 1.807) is 0 Å². The zero-order valence-corrected chi connectivity index (χ0v) is 10.6. The van der Waals surface area contributed by atoms with Crippen molar-refractivity contribution in [2.45, 2.75) is 46.3 Å². The first-order chi connectivity index (χ1) is 6.89. The molecule has 3 nitrogen and oxygen atoms in total. The van der Waals surface area contributed by atoms with Crippen molar-refractivity contribution in [2.24, 2.45) is 11.1 Å². The summed E-state index contributed by atoms with van der Waals surface area (Å²) in [6, 6.07) is 0.288. The fraction of sp³-hybridized carbons (Fsp3) is 1.00. The zero-order chi connectivity index (χ0) is 11.5. The van der Waals surface area contributed by atoms with Crippen LogP contribution in [0.2, 0.25) is 0 Å². The van der Waals surface area contributed by atoms with Crippen LogP contribution >= 0.6 is 0 Å². The van der Waals surface area contributed by atoms with Crippen molar-refractivity contribution in [2.75, 3.05) is 26.2 Å². The van der Waals surface area contributed by atoms with E-state index >= 15 is 0 Å². The lowest BCUT2D eigenvalue weighted by molar-refractivity contribution is -0.0197. The Labute approximate surface area is 94.0 Å². The van der Waals surface area contributed by atoms with E-state index in [0.29, 0.717) is 6.10 Å². The maximum Gasteiger partial charge on any atom is 0.0674 e. The van der Waals surface area contributed by atoms with Gasteiger partial charge in [-0.2, -0.15) is 0 Å². The minimum Gasteiger partial charge on any atom is -0.376 e. The number of nitrogens with two attached hydrogens (primary N) is 1. The molecule has 0 aliphatic carbocycles. The quantitative estimate of drug-likeness (QED) is 0.773. The number of hydrogen-bond acceptors (Lipinski definition) is 3. The van der Waals surface area contributed by atoms with Gasteiger partial charge in [0, 0.05) is 19.1 Å². The van der Waals surface area contributed by atoms with Crippen LogP contribution in [0.4, 0.5) is 0 Å². The van der Waals surface area contributed by atoms with Crippen molar-refractivity contribution in [1.29, 1.82) is 0 Å². The Bertz CT molecular complexity index is 189. The molecule has 3 heteroatoms. The first-order valence-corrected chi connectivity index (χ1v) is 5.99. The third-order valence-electron chi connectivity index (χ3n) is 3.19. The van der Waals surface area contributed by atoms with Crippen molar-refractivity contribution in [3.63, 3.8) is 0 Å². The molecule has 1 aliphatic heterocycles. The molecule has 1 rings (SSSR count). The third-order valence-corrected chi connectivity index (χ3v) is 3.19. The topological polar surface area (TPSA) is 38.5 Å². The van der Waals surface area contributed by atoms with Crippen molar-refractivity contribution in [3.05, 3.63) is 0 Å². The highest BCUT2D eigenvalue weighted by Gasteiger charge is 2.22. The van der Waals surface area contributed by atoms with Crippen LogP contribution in [0.25, 0.3) is 0 Å². The van der Waals surface area contributed by atoms with Crippen LogP contribution in [0.15, 0.2) is 0 Å². The van der Waals surface area contributed by atoms with Crippen LogP contribution in [-0.4, -0.2) is 43.3 Å². The first-order valence-electron chi connectivity index (χ1n) is 5.99. The number of nitrogens with zero attached hydrogens (tertiary/aromatic N) is 1. The lowest BCUT2D eigenvalue weighted by atomic mass is 9.85. The maximum atomic E-state index is 6.14. The summed E-state index contributed by atoms with van der Waals surface area (Å²) in [6.45, 7) is 12.8. The zero-order valence-electron chi connectivity index (χ0n) is 10.6. The Morgan fingerprint density at radius 2 is 2.13 bits per heavy atom. The molecule has 0 aromatic heterocycles. The van der Waals surface area contributed by atoms with Crippen LogP contribution in [0, 0.1) is 5.41 Å². The summed E-state index contributed by atoms with van der Waals surface area (Å²) < 4.78 is 5.51. The molecule has 0 bridgehead atoms. The van der Waals surface area contributed by atoms with Crippen molar-refractivity contribution in [3.8, 4) is 0 Å². The predicted molar refractivity (Wildman–Crippen MR) is 63.9 cm³/mol. The van der Waals surface area contributed by atoms with E-state index in [1.807, 2.05) is 0 Å². The van der Waals surface area contributed by atoms with Gasteiger partial charge in [-0.3, -0.25) is 4.90 Å². The molecule has 2 atom stereocenters. The second-order valence-corrected chi connectivity index (χ2v) is 5.74. The van der Waals surface area contributed by atoms with Crippen LogP contribution in [0.5, 0.6) is 0 Å². The van der Waals surface area contributed by atoms with Crippen molar-refractivity contribution in [1.82, 2.24) is 4.90 Å². The number of rotatable bonds is 3. The average molecular weight is 214 g/mol. The molecule has 15 heavy (non-hydrogen) atoms. The fourth-order valence-electron chi connectivity index (χ4n) is 1.85. The second-order valence-electron chi connectivity index (χ2n) is 5.74. The van der Waals surface area contributed by atoms with Gasteiger partial charge < -0.3 is 10.5 Å². The summed E-state index contributed by atoms with van der Waals surface area (Å²) >= 11 is 0. The van der Waals surface area contributed by atoms with E-state index in [1.165, 1.54) is 0 Å². The molecule has 0 radical (unpaired) electrons. The van der Waals surface area contributed by atoms with E-state index in [-0.39, 0.29) is 11.5 Å². The molecule has 0 aromatic rings. The van der Waals surface area contributed by atoms with Crippen LogP contribution in [0.1, 0.15) is 34.1 Å². The Balaban J connectivity index is 2.24. The standard InChI is InChI=1S/C12H26N2O/c1-10-9-14(7-8-15-10)6-5-11(13)12(2,3)4/h10-11H,5-9,13H2,1-4H3. The van der Waals surface area contributed by atoms with Gasteiger partial charge in [-0.05, 0) is 25.3 Å². The monoisotopic (exact) mass is 214 g/mol. The summed E-state index contributed by atoms with van der Waals surface area (Å²) in [7, 11) is 0. The smallest absolute Gasteiger partial charge is 0.0674 e. The van der Waals surface area contributed by atoms with Gasteiger partial charge in [0.1, 0.15) is 0 Å². The maximum absolute atomic E-state index is 6.14. The lowest BCUT2D eigenvalue weighted by Gasteiger charge is -2.34. The molecule has 1 heterocycles. The van der Waals surface area contributed by atoms with Gasteiger partial charge in [0.15, 0.2) is 0 Å². The molecule has 2 N–H and O–H groups in total. The van der Waals surface area contributed by atoms with Crippen molar-refractivity contribution >= 4 is 0 Å². The molecule has 0 saturated carbocycles. The summed E-state index contributed by atoms with van der Waals surface area (Å²) in [5.74, 6) is 0. The van der Waals surface area contributed by atoms with E-state index in [0.717, 1.165) is 32.7 Å². The fourth-order valence-corrected chi connectivity index (χ4v) is 1.85. The molecule has 0 aromatic carbocycles. The van der Waals surface area contributed by atoms with Gasteiger partial charge in [-0.1, -0.05) is 20.8 Å². The first kappa shape index (κ1) is 12.9. The highest BCUT2D eigenvalue weighted by molar-refractivity contribution is 4.79. The molecule has 1 fully saturated rings. The Kier molecular flexibility index (Phi) is 4.56. The van der Waals surface area contributed by atoms with Gasteiger partial charge in [0.25, 0.3) is 0 Å². The highest BCUT2D eigenvalue weighted by atomic mass is 16.5. The second kappa shape index (κ2) is 5.28. The molecule has 1 saturated heterocycles. The summed E-state index contributed by atoms with van der Waals surface area (Å²) in [6.07, 6.45) is 1.46. The molecule has 90 valence electrons.